The maximum absolute atomic E-state index is 13.3. The van der Waals surface area contributed by atoms with Crippen molar-refractivity contribution in [3.8, 4) is 11.5 Å². The van der Waals surface area contributed by atoms with Gasteiger partial charge in [0.1, 0.15) is 17.3 Å². The van der Waals surface area contributed by atoms with Crippen LogP contribution in [0.1, 0.15) is 18.5 Å². The van der Waals surface area contributed by atoms with Crippen molar-refractivity contribution in [3.63, 3.8) is 0 Å². The fraction of sp³-hybridized carbons (Fsp3) is 0.200. The summed E-state index contributed by atoms with van der Waals surface area (Å²) >= 11 is 3.37. The van der Waals surface area contributed by atoms with Crippen molar-refractivity contribution in [1.82, 2.24) is 5.32 Å². The Hall–Kier alpha value is -1.39. The van der Waals surface area contributed by atoms with E-state index >= 15 is 0 Å². The van der Waals surface area contributed by atoms with Gasteiger partial charge in [0, 0.05) is 16.1 Å². The molecule has 2 nitrogen and oxygen atoms in total. The monoisotopic (exact) mass is 323 g/mol. The molecular formula is C15H15BrFNO. The van der Waals surface area contributed by atoms with Gasteiger partial charge in [0.2, 0.25) is 0 Å². The highest BCUT2D eigenvalue weighted by molar-refractivity contribution is 9.10. The van der Waals surface area contributed by atoms with Crippen LogP contribution in [0.2, 0.25) is 0 Å². The molecule has 0 saturated carbocycles. The fourth-order valence-electron chi connectivity index (χ4n) is 1.74. The minimum absolute atomic E-state index is 0.0150. The lowest BCUT2D eigenvalue weighted by Gasteiger charge is -2.16. The minimum atomic E-state index is -0.264. The van der Waals surface area contributed by atoms with Gasteiger partial charge in [-0.05, 0) is 56.4 Å². The summed E-state index contributed by atoms with van der Waals surface area (Å²) < 4.78 is 20.1. The molecule has 0 aliphatic heterocycles. The Bertz CT molecular complexity index is 557. The van der Waals surface area contributed by atoms with Crippen LogP contribution in [0, 0.1) is 5.82 Å². The molecule has 1 unspecified atom stereocenters. The first-order valence-electron chi connectivity index (χ1n) is 6.00. The zero-order valence-electron chi connectivity index (χ0n) is 10.8. The largest absolute Gasteiger partial charge is 0.457 e. The van der Waals surface area contributed by atoms with Crippen LogP contribution >= 0.6 is 15.9 Å². The highest BCUT2D eigenvalue weighted by atomic mass is 79.9. The Morgan fingerprint density at radius 3 is 2.47 bits per heavy atom. The van der Waals surface area contributed by atoms with E-state index in [-0.39, 0.29) is 11.9 Å². The van der Waals surface area contributed by atoms with Crippen molar-refractivity contribution in [2.24, 2.45) is 0 Å². The first-order valence-corrected chi connectivity index (χ1v) is 6.79. The van der Waals surface area contributed by atoms with Crippen LogP contribution < -0.4 is 10.1 Å². The molecule has 100 valence electrons. The van der Waals surface area contributed by atoms with E-state index in [4.69, 9.17) is 4.74 Å². The van der Waals surface area contributed by atoms with Gasteiger partial charge < -0.3 is 10.1 Å². The van der Waals surface area contributed by atoms with Gasteiger partial charge >= 0.3 is 0 Å². The number of benzene rings is 2. The third-order valence-electron chi connectivity index (χ3n) is 2.91. The Morgan fingerprint density at radius 1 is 1.16 bits per heavy atom. The SMILES string of the molecule is CNC(C)c1cc(F)ccc1Oc1ccc(Br)cc1. The van der Waals surface area contributed by atoms with Crippen molar-refractivity contribution >= 4 is 15.9 Å². The highest BCUT2D eigenvalue weighted by Crippen LogP contribution is 2.30. The molecule has 2 aromatic rings. The van der Waals surface area contributed by atoms with Crippen LogP contribution in [0.15, 0.2) is 46.9 Å². The van der Waals surface area contributed by atoms with E-state index < -0.39 is 0 Å². The van der Waals surface area contributed by atoms with E-state index in [1.165, 1.54) is 12.1 Å². The molecule has 0 spiro atoms. The van der Waals surface area contributed by atoms with Crippen molar-refractivity contribution < 1.29 is 9.13 Å². The average Bonchev–Trinajstić information content (AvgIpc) is 2.42. The Balaban J connectivity index is 2.31. The molecular weight excluding hydrogens is 309 g/mol. The second kappa shape index (κ2) is 6.17. The van der Waals surface area contributed by atoms with Gasteiger partial charge in [0.05, 0.1) is 0 Å². The van der Waals surface area contributed by atoms with Gasteiger partial charge in [-0.15, -0.1) is 0 Å². The molecule has 0 heterocycles. The van der Waals surface area contributed by atoms with Crippen molar-refractivity contribution in [2.75, 3.05) is 7.05 Å². The van der Waals surface area contributed by atoms with Gasteiger partial charge in [0.25, 0.3) is 0 Å². The normalized spacial score (nSPS) is 12.2. The first kappa shape index (κ1) is 14.0. The Morgan fingerprint density at radius 2 is 1.84 bits per heavy atom. The lowest BCUT2D eigenvalue weighted by Crippen LogP contribution is -2.13. The second-order valence-electron chi connectivity index (χ2n) is 4.25. The van der Waals surface area contributed by atoms with Gasteiger partial charge in [-0.3, -0.25) is 0 Å². The number of hydrogen-bond acceptors (Lipinski definition) is 2. The van der Waals surface area contributed by atoms with Crippen molar-refractivity contribution in [2.45, 2.75) is 13.0 Å². The molecule has 1 atom stereocenters. The number of rotatable bonds is 4. The van der Waals surface area contributed by atoms with Crippen LogP contribution in [0.4, 0.5) is 4.39 Å². The Kier molecular flexibility index (Phi) is 4.56. The summed E-state index contributed by atoms with van der Waals surface area (Å²) in [5.74, 6) is 1.12. The quantitative estimate of drug-likeness (QED) is 0.883. The molecule has 4 heteroatoms. The lowest BCUT2D eigenvalue weighted by molar-refractivity contribution is 0.463. The Labute approximate surface area is 120 Å². The molecule has 0 aromatic heterocycles. The number of halogens is 2. The van der Waals surface area contributed by atoms with Crippen LogP contribution in [0.5, 0.6) is 11.5 Å². The van der Waals surface area contributed by atoms with Crippen LogP contribution in [0.3, 0.4) is 0 Å². The van der Waals surface area contributed by atoms with E-state index in [0.29, 0.717) is 5.75 Å². The number of ether oxygens (including phenoxy) is 1. The molecule has 0 fully saturated rings. The van der Waals surface area contributed by atoms with E-state index in [0.717, 1.165) is 15.8 Å². The molecule has 0 radical (unpaired) electrons. The van der Waals surface area contributed by atoms with Crippen molar-refractivity contribution in [1.29, 1.82) is 0 Å². The predicted molar refractivity (Wildman–Crippen MR) is 78.1 cm³/mol. The van der Waals surface area contributed by atoms with E-state index in [1.54, 1.807) is 6.07 Å². The number of hydrogen-bond donors (Lipinski definition) is 1. The predicted octanol–water partition coefficient (Wildman–Crippen LogP) is 4.66. The molecule has 19 heavy (non-hydrogen) atoms. The summed E-state index contributed by atoms with van der Waals surface area (Å²) in [4.78, 5) is 0. The average molecular weight is 324 g/mol. The number of nitrogens with one attached hydrogen (secondary N) is 1. The zero-order valence-corrected chi connectivity index (χ0v) is 12.4. The third kappa shape index (κ3) is 3.55. The lowest BCUT2D eigenvalue weighted by atomic mass is 10.1. The molecule has 0 aliphatic rings. The second-order valence-corrected chi connectivity index (χ2v) is 5.16. The smallest absolute Gasteiger partial charge is 0.132 e. The third-order valence-corrected chi connectivity index (χ3v) is 3.44. The molecule has 0 bridgehead atoms. The van der Waals surface area contributed by atoms with Crippen molar-refractivity contribution in [3.05, 3.63) is 58.3 Å². The summed E-state index contributed by atoms with van der Waals surface area (Å²) in [5.41, 5.74) is 0.797. The van der Waals surface area contributed by atoms with Gasteiger partial charge in [0.15, 0.2) is 0 Å². The van der Waals surface area contributed by atoms with Crippen LogP contribution in [-0.2, 0) is 0 Å². The molecule has 2 rings (SSSR count). The topological polar surface area (TPSA) is 21.3 Å². The highest BCUT2D eigenvalue weighted by Gasteiger charge is 2.12. The first-order chi connectivity index (χ1) is 9.10. The molecule has 0 saturated heterocycles. The van der Waals surface area contributed by atoms with E-state index in [2.05, 4.69) is 21.2 Å². The van der Waals surface area contributed by atoms with Crippen LogP contribution in [-0.4, -0.2) is 7.05 Å². The molecule has 1 N–H and O–H groups in total. The summed E-state index contributed by atoms with van der Waals surface area (Å²) in [7, 11) is 1.83. The van der Waals surface area contributed by atoms with E-state index in [1.807, 2.05) is 38.2 Å². The summed E-state index contributed by atoms with van der Waals surface area (Å²) in [6, 6.07) is 12.1. The zero-order chi connectivity index (χ0) is 13.8. The van der Waals surface area contributed by atoms with Crippen LogP contribution in [0.25, 0.3) is 0 Å². The standard InChI is InChI=1S/C15H15BrFNO/c1-10(18-2)14-9-12(17)5-8-15(14)19-13-6-3-11(16)4-7-13/h3-10,18H,1-2H3. The summed E-state index contributed by atoms with van der Waals surface area (Å²) in [6.45, 7) is 1.96. The molecule has 2 aromatic carbocycles. The van der Waals surface area contributed by atoms with Gasteiger partial charge in [-0.1, -0.05) is 15.9 Å². The molecule has 0 aliphatic carbocycles. The fourth-order valence-corrected chi connectivity index (χ4v) is 2.00. The summed E-state index contributed by atoms with van der Waals surface area (Å²) in [5, 5.41) is 3.09. The summed E-state index contributed by atoms with van der Waals surface area (Å²) in [6.07, 6.45) is 0. The minimum Gasteiger partial charge on any atom is -0.457 e. The van der Waals surface area contributed by atoms with Gasteiger partial charge in [-0.25, -0.2) is 4.39 Å². The van der Waals surface area contributed by atoms with Gasteiger partial charge in [-0.2, -0.15) is 0 Å². The maximum Gasteiger partial charge on any atom is 0.132 e. The molecule has 0 amide bonds. The maximum atomic E-state index is 13.3. The van der Waals surface area contributed by atoms with E-state index in [9.17, 15) is 4.39 Å².